The molecule has 11 aromatic rings. The summed E-state index contributed by atoms with van der Waals surface area (Å²) in [5, 5.41) is 2.42. The van der Waals surface area contributed by atoms with Crippen LogP contribution in [0, 0.1) is 0 Å². The summed E-state index contributed by atoms with van der Waals surface area (Å²) in [5.41, 5.74) is 18.8. The van der Waals surface area contributed by atoms with Gasteiger partial charge < -0.3 is 4.57 Å². The molecule has 0 N–H and O–H groups in total. The van der Waals surface area contributed by atoms with Gasteiger partial charge in [-0.3, -0.25) is 0 Å². The van der Waals surface area contributed by atoms with E-state index in [-0.39, 0.29) is 5.41 Å². The molecular weight excluding hydrogens is 777 g/mol. The Morgan fingerprint density at radius 2 is 0.750 bits per heavy atom. The molecule has 0 saturated carbocycles. The van der Waals surface area contributed by atoms with E-state index in [9.17, 15) is 0 Å². The summed E-state index contributed by atoms with van der Waals surface area (Å²) >= 11 is 0. The molecule has 0 spiro atoms. The fourth-order valence-electron chi connectivity index (χ4n) is 9.94. The fraction of sp³-hybridized carbons (Fsp3) is 0.0500. The van der Waals surface area contributed by atoms with E-state index in [4.69, 9.17) is 15.0 Å². The van der Waals surface area contributed by atoms with Crippen molar-refractivity contribution >= 4 is 21.8 Å². The maximum Gasteiger partial charge on any atom is 0.164 e. The first-order valence-corrected chi connectivity index (χ1v) is 21.9. The Labute approximate surface area is 372 Å². The minimum atomic E-state index is -0.129. The van der Waals surface area contributed by atoms with Crippen LogP contribution in [0.2, 0.25) is 0 Å². The zero-order chi connectivity index (χ0) is 42.8. The van der Waals surface area contributed by atoms with E-state index in [1.807, 2.05) is 60.7 Å². The van der Waals surface area contributed by atoms with Crippen LogP contribution < -0.4 is 0 Å². The molecule has 4 nitrogen and oxygen atoms in total. The largest absolute Gasteiger partial charge is 0.309 e. The lowest BCUT2D eigenvalue weighted by atomic mass is 9.79. The highest BCUT2D eigenvalue weighted by molar-refractivity contribution is 6.12. The van der Waals surface area contributed by atoms with Gasteiger partial charge in [0.05, 0.1) is 11.0 Å². The van der Waals surface area contributed by atoms with Crippen molar-refractivity contribution in [1.82, 2.24) is 19.5 Å². The number of aromatic nitrogens is 4. The SMILES string of the molecule is CC1(C)c2ccccc2-c2cccc(-c3ccc4c(c3)c3cc(-c5ccc(-c6nc(-c7ccccc7)nc(-c7ccccc7)n6)cc5)ccc3n4-c3cccc(-c4ccccc4)c3)c21. The zero-order valence-corrected chi connectivity index (χ0v) is 35.6. The number of rotatable bonds is 7. The molecule has 0 fully saturated rings. The summed E-state index contributed by atoms with van der Waals surface area (Å²) in [4.78, 5) is 14.9. The Balaban J connectivity index is 1.00. The quantitative estimate of drug-likeness (QED) is 0.161. The van der Waals surface area contributed by atoms with Gasteiger partial charge in [0.15, 0.2) is 17.5 Å². The van der Waals surface area contributed by atoms with Crippen molar-refractivity contribution in [1.29, 1.82) is 0 Å². The minimum Gasteiger partial charge on any atom is -0.309 e. The van der Waals surface area contributed by atoms with Gasteiger partial charge in [-0.05, 0) is 92.0 Å². The molecule has 0 amide bonds. The van der Waals surface area contributed by atoms with Gasteiger partial charge in [-0.25, -0.2) is 15.0 Å². The van der Waals surface area contributed by atoms with Crippen LogP contribution in [0.3, 0.4) is 0 Å². The number of fused-ring (bicyclic) bond motifs is 6. The second-order valence-corrected chi connectivity index (χ2v) is 17.2. The molecule has 0 unspecified atom stereocenters. The van der Waals surface area contributed by atoms with E-state index < -0.39 is 0 Å². The summed E-state index contributed by atoms with van der Waals surface area (Å²) in [6.07, 6.45) is 0. The smallest absolute Gasteiger partial charge is 0.164 e. The van der Waals surface area contributed by atoms with Gasteiger partial charge >= 0.3 is 0 Å². The second-order valence-electron chi connectivity index (χ2n) is 17.2. The lowest BCUT2D eigenvalue weighted by Gasteiger charge is -2.24. The fourth-order valence-corrected chi connectivity index (χ4v) is 9.94. The van der Waals surface area contributed by atoms with Crippen LogP contribution in [0.15, 0.2) is 218 Å². The first-order valence-electron chi connectivity index (χ1n) is 21.9. The van der Waals surface area contributed by atoms with Crippen molar-refractivity contribution in [2.45, 2.75) is 19.3 Å². The third-order valence-corrected chi connectivity index (χ3v) is 13.0. The van der Waals surface area contributed by atoms with Gasteiger partial charge in [0.2, 0.25) is 0 Å². The van der Waals surface area contributed by atoms with Gasteiger partial charge in [-0.15, -0.1) is 0 Å². The van der Waals surface area contributed by atoms with Crippen molar-refractivity contribution in [2.24, 2.45) is 0 Å². The first kappa shape index (κ1) is 37.5. The maximum absolute atomic E-state index is 4.98. The van der Waals surface area contributed by atoms with Crippen molar-refractivity contribution < 1.29 is 0 Å². The average Bonchev–Trinajstić information content (AvgIpc) is 3.82. The molecule has 12 rings (SSSR count). The van der Waals surface area contributed by atoms with E-state index in [0.717, 1.165) is 39.0 Å². The minimum absolute atomic E-state index is 0.129. The zero-order valence-electron chi connectivity index (χ0n) is 35.6. The summed E-state index contributed by atoms with van der Waals surface area (Å²) in [6, 6.07) is 78.1. The molecule has 1 aliphatic carbocycles. The Kier molecular flexibility index (Phi) is 8.80. The van der Waals surface area contributed by atoms with Crippen LogP contribution in [-0.4, -0.2) is 19.5 Å². The monoisotopic (exact) mass is 818 g/mol. The molecule has 0 saturated heterocycles. The molecule has 9 aromatic carbocycles. The van der Waals surface area contributed by atoms with Crippen molar-refractivity contribution in [3.8, 4) is 84.4 Å². The molecule has 0 bridgehead atoms. The Hall–Kier alpha value is -8.21. The number of hydrogen-bond acceptors (Lipinski definition) is 3. The molecule has 0 atom stereocenters. The molecule has 1 aliphatic rings. The van der Waals surface area contributed by atoms with Crippen LogP contribution in [0.5, 0.6) is 0 Å². The lowest BCUT2D eigenvalue weighted by Crippen LogP contribution is -2.16. The second kappa shape index (κ2) is 15.0. The van der Waals surface area contributed by atoms with E-state index >= 15 is 0 Å². The summed E-state index contributed by atoms with van der Waals surface area (Å²) in [6.45, 7) is 4.74. The van der Waals surface area contributed by atoms with Gasteiger partial charge in [0, 0.05) is 38.6 Å². The molecule has 0 radical (unpaired) electrons. The van der Waals surface area contributed by atoms with Crippen molar-refractivity contribution in [3.63, 3.8) is 0 Å². The van der Waals surface area contributed by atoms with Crippen molar-refractivity contribution in [2.75, 3.05) is 0 Å². The van der Waals surface area contributed by atoms with E-state index in [1.165, 1.54) is 60.8 Å². The van der Waals surface area contributed by atoms with E-state index in [1.54, 1.807) is 0 Å². The average molecular weight is 819 g/mol. The summed E-state index contributed by atoms with van der Waals surface area (Å²) in [5.74, 6) is 1.94. The molecule has 2 aromatic heterocycles. The van der Waals surface area contributed by atoms with Gasteiger partial charge in [0.1, 0.15) is 0 Å². The van der Waals surface area contributed by atoms with Crippen LogP contribution in [0.4, 0.5) is 0 Å². The van der Waals surface area contributed by atoms with Crippen LogP contribution in [0.25, 0.3) is 106 Å². The Morgan fingerprint density at radius 1 is 0.328 bits per heavy atom. The highest BCUT2D eigenvalue weighted by Gasteiger charge is 2.37. The van der Waals surface area contributed by atoms with Crippen LogP contribution >= 0.6 is 0 Å². The number of benzene rings is 9. The highest BCUT2D eigenvalue weighted by atomic mass is 15.0. The predicted molar refractivity (Wildman–Crippen MR) is 264 cm³/mol. The van der Waals surface area contributed by atoms with Crippen LogP contribution in [0.1, 0.15) is 25.0 Å². The van der Waals surface area contributed by atoms with E-state index in [0.29, 0.717) is 17.5 Å². The Morgan fingerprint density at radius 3 is 1.39 bits per heavy atom. The highest BCUT2D eigenvalue weighted by Crippen LogP contribution is 2.52. The number of nitrogens with zero attached hydrogens (tertiary/aromatic N) is 4. The molecular formula is C60H42N4. The topological polar surface area (TPSA) is 43.6 Å². The van der Waals surface area contributed by atoms with Gasteiger partial charge in [-0.1, -0.05) is 196 Å². The molecule has 2 heterocycles. The third-order valence-electron chi connectivity index (χ3n) is 13.0. The predicted octanol–water partition coefficient (Wildman–Crippen LogP) is 15.3. The molecule has 302 valence electrons. The molecule has 0 aliphatic heterocycles. The van der Waals surface area contributed by atoms with Crippen molar-refractivity contribution in [3.05, 3.63) is 230 Å². The molecule has 64 heavy (non-hydrogen) atoms. The number of hydrogen-bond donors (Lipinski definition) is 0. The lowest BCUT2D eigenvalue weighted by molar-refractivity contribution is 0.662. The van der Waals surface area contributed by atoms with E-state index in [2.05, 4.69) is 176 Å². The normalized spacial score (nSPS) is 12.7. The standard InChI is InChI=1S/C60H42N4/c1-60(2)53-27-13-12-24-49(53)50-26-15-25-48(56(50)60)46-33-35-55-52(38-46)51-37-45(32-34-54(51)64(55)47-23-14-22-44(36-47)39-16-6-3-7-17-39)40-28-30-43(31-29-40)59-62-57(41-18-8-4-9-19-41)61-58(63-59)42-20-10-5-11-21-42/h3-38H,1-2H3. The Bertz CT molecular complexity index is 3490. The summed E-state index contributed by atoms with van der Waals surface area (Å²) in [7, 11) is 0. The third kappa shape index (κ3) is 6.26. The van der Waals surface area contributed by atoms with Gasteiger partial charge in [0.25, 0.3) is 0 Å². The summed E-state index contributed by atoms with van der Waals surface area (Å²) < 4.78 is 2.43. The van der Waals surface area contributed by atoms with Gasteiger partial charge in [-0.2, -0.15) is 0 Å². The maximum atomic E-state index is 4.98. The first-order chi connectivity index (χ1) is 31.5. The molecule has 4 heteroatoms. The van der Waals surface area contributed by atoms with Crippen LogP contribution in [-0.2, 0) is 5.41 Å².